The van der Waals surface area contributed by atoms with E-state index in [2.05, 4.69) is 13.2 Å². The summed E-state index contributed by atoms with van der Waals surface area (Å²) in [7, 11) is 0. The van der Waals surface area contributed by atoms with Crippen LogP contribution >= 0.6 is 0 Å². The fourth-order valence-corrected chi connectivity index (χ4v) is 1.92. The molecule has 0 radical (unpaired) electrons. The highest BCUT2D eigenvalue weighted by Crippen LogP contribution is 2.41. The van der Waals surface area contributed by atoms with Crippen molar-refractivity contribution in [3.8, 4) is 0 Å². The van der Waals surface area contributed by atoms with Crippen molar-refractivity contribution in [3.63, 3.8) is 0 Å². The van der Waals surface area contributed by atoms with Gasteiger partial charge in [-0.1, -0.05) is 13.2 Å². The van der Waals surface area contributed by atoms with Gasteiger partial charge in [0.25, 0.3) is 0 Å². The Morgan fingerprint density at radius 2 is 1.48 bits per heavy atom. The number of aliphatic hydroxyl groups excluding tert-OH is 1. The Morgan fingerprint density at radius 3 is 1.80 bits per heavy atom. The second-order valence-corrected chi connectivity index (χ2v) is 6.69. The number of aliphatic hydroxyl groups is 2. The van der Waals surface area contributed by atoms with Crippen LogP contribution in [0.4, 0.5) is 0 Å². The minimum absolute atomic E-state index is 0.00595. The zero-order chi connectivity index (χ0) is 19.4. The molecule has 0 aromatic carbocycles. The van der Waals surface area contributed by atoms with Crippen molar-refractivity contribution in [3.05, 3.63) is 24.3 Å². The van der Waals surface area contributed by atoms with Crippen molar-refractivity contribution < 1.29 is 38.7 Å². The summed E-state index contributed by atoms with van der Waals surface area (Å²) in [6, 6.07) is 0. The first-order valence-electron chi connectivity index (χ1n) is 7.78. The molecule has 0 unspecified atom stereocenters. The summed E-state index contributed by atoms with van der Waals surface area (Å²) in [5.74, 6) is -4.80. The molecule has 0 saturated carbocycles. The van der Waals surface area contributed by atoms with Gasteiger partial charge < -0.3 is 29.2 Å². The number of hydrogen-bond acceptors (Lipinski definition) is 8. The normalized spacial score (nSPS) is 21.4. The number of carbonyl (C=O) groups excluding carboxylic acids is 2. The molecule has 1 saturated heterocycles. The van der Waals surface area contributed by atoms with E-state index < -0.39 is 29.6 Å². The maximum Gasteiger partial charge on any atom is 0.384 e. The second-order valence-electron chi connectivity index (χ2n) is 6.69. The molecule has 1 fully saturated rings. The summed E-state index contributed by atoms with van der Waals surface area (Å²) in [6.45, 7) is 12.8. The number of hydrogen-bond donors (Lipinski definition) is 2. The van der Waals surface area contributed by atoms with Crippen LogP contribution in [0.3, 0.4) is 0 Å². The average Bonchev–Trinajstić information content (AvgIpc) is 2.54. The fourth-order valence-electron chi connectivity index (χ4n) is 1.92. The zero-order valence-corrected chi connectivity index (χ0v) is 15.0. The Balaban J connectivity index is 3.10. The van der Waals surface area contributed by atoms with Gasteiger partial charge in [0, 0.05) is 17.1 Å². The molecule has 8 nitrogen and oxygen atoms in total. The van der Waals surface area contributed by atoms with Crippen LogP contribution in [0.25, 0.3) is 0 Å². The number of ether oxygens (including phenoxy) is 4. The van der Waals surface area contributed by atoms with E-state index in [1.807, 2.05) is 0 Å². The predicted octanol–water partition coefficient (Wildman–Crippen LogP) is 0.879. The highest BCUT2D eigenvalue weighted by atomic mass is 16.8. The molecule has 0 bridgehead atoms. The molecule has 25 heavy (non-hydrogen) atoms. The molecule has 1 heterocycles. The van der Waals surface area contributed by atoms with Gasteiger partial charge in [-0.3, -0.25) is 0 Å². The van der Waals surface area contributed by atoms with Crippen LogP contribution < -0.4 is 0 Å². The summed E-state index contributed by atoms with van der Waals surface area (Å²) in [5.41, 5.74) is -1.48. The van der Waals surface area contributed by atoms with Crippen molar-refractivity contribution in [2.75, 3.05) is 19.8 Å². The third-order valence-corrected chi connectivity index (χ3v) is 3.79. The van der Waals surface area contributed by atoms with Crippen LogP contribution in [0.1, 0.15) is 27.7 Å². The smallest absolute Gasteiger partial charge is 0.384 e. The molecular weight excluding hydrogens is 332 g/mol. The third-order valence-electron chi connectivity index (χ3n) is 3.79. The molecule has 0 aromatic rings. The standard InChI is InChI=1S/C17H26O8/c1-10(2)13(19)24-17(21,25-14(20)11(3)4)16(5,6)15-22-8-12(7-18)9-23-15/h12,15,18,21H,1,3,7-9H2,2,4-6H3. The SMILES string of the molecule is C=C(C)C(=O)OC(O)(OC(=O)C(=C)C)C(C)(C)C1OCC(CO)CO1. The van der Waals surface area contributed by atoms with Gasteiger partial charge in [-0.05, 0) is 27.7 Å². The Bertz CT molecular complexity index is 515. The molecule has 0 spiro atoms. The minimum Gasteiger partial charge on any atom is -0.396 e. The molecule has 0 aromatic heterocycles. The molecular formula is C17H26O8. The van der Waals surface area contributed by atoms with E-state index in [1.165, 1.54) is 27.7 Å². The first-order valence-corrected chi connectivity index (χ1v) is 7.78. The summed E-state index contributed by atoms with van der Waals surface area (Å²) >= 11 is 0. The summed E-state index contributed by atoms with van der Waals surface area (Å²) < 4.78 is 21.0. The van der Waals surface area contributed by atoms with E-state index in [4.69, 9.17) is 24.1 Å². The molecule has 1 rings (SSSR count). The van der Waals surface area contributed by atoms with Gasteiger partial charge in [-0.2, -0.15) is 0 Å². The van der Waals surface area contributed by atoms with Gasteiger partial charge in [0.1, 0.15) is 5.41 Å². The maximum absolute atomic E-state index is 11.9. The largest absolute Gasteiger partial charge is 0.396 e. The van der Waals surface area contributed by atoms with E-state index in [1.54, 1.807) is 0 Å². The lowest BCUT2D eigenvalue weighted by Gasteiger charge is -2.45. The van der Waals surface area contributed by atoms with Crippen LogP contribution in [-0.4, -0.2) is 54.2 Å². The third kappa shape index (κ3) is 4.88. The van der Waals surface area contributed by atoms with E-state index in [0.717, 1.165) is 0 Å². The number of carbonyl (C=O) groups is 2. The van der Waals surface area contributed by atoms with Gasteiger partial charge in [0.15, 0.2) is 6.29 Å². The molecule has 1 aliphatic heterocycles. The van der Waals surface area contributed by atoms with Gasteiger partial charge in [0.2, 0.25) is 0 Å². The van der Waals surface area contributed by atoms with Gasteiger partial charge in [-0.25, -0.2) is 9.59 Å². The molecule has 0 aliphatic carbocycles. The Morgan fingerprint density at radius 1 is 1.08 bits per heavy atom. The van der Waals surface area contributed by atoms with Gasteiger partial charge in [0.05, 0.1) is 19.8 Å². The Kier molecular flexibility index (Phi) is 6.90. The van der Waals surface area contributed by atoms with Crippen molar-refractivity contribution in [2.45, 2.75) is 40.0 Å². The molecule has 2 N–H and O–H groups in total. The fraction of sp³-hybridized carbons (Fsp3) is 0.647. The lowest BCUT2D eigenvalue weighted by molar-refractivity contribution is -0.411. The van der Waals surface area contributed by atoms with Crippen LogP contribution in [0.15, 0.2) is 24.3 Å². The topological polar surface area (TPSA) is 112 Å². The quantitative estimate of drug-likeness (QED) is 0.392. The monoisotopic (exact) mass is 358 g/mol. The van der Waals surface area contributed by atoms with Crippen LogP contribution in [0, 0.1) is 11.3 Å². The minimum atomic E-state index is -2.68. The van der Waals surface area contributed by atoms with Gasteiger partial charge in [-0.15, -0.1) is 0 Å². The first-order chi connectivity index (χ1) is 11.4. The van der Waals surface area contributed by atoms with Crippen LogP contribution in [0.2, 0.25) is 0 Å². The van der Waals surface area contributed by atoms with Gasteiger partial charge >= 0.3 is 17.9 Å². The van der Waals surface area contributed by atoms with Crippen molar-refractivity contribution >= 4 is 11.9 Å². The Hall–Kier alpha value is -1.74. The van der Waals surface area contributed by atoms with E-state index in [-0.39, 0.29) is 36.9 Å². The highest BCUT2D eigenvalue weighted by molar-refractivity contribution is 5.89. The number of rotatable bonds is 7. The maximum atomic E-state index is 11.9. The van der Waals surface area contributed by atoms with Crippen LogP contribution in [-0.2, 0) is 28.5 Å². The molecule has 0 amide bonds. The van der Waals surface area contributed by atoms with Crippen LogP contribution in [0.5, 0.6) is 0 Å². The second kappa shape index (κ2) is 8.09. The summed E-state index contributed by atoms with van der Waals surface area (Å²) in [6.07, 6.45) is -1.06. The number of esters is 2. The molecule has 8 heteroatoms. The van der Waals surface area contributed by atoms with Crippen molar-refractivity contribution in [1.82, 2.24) is 0 Å². The summed E-state index contributed by atoms with van der Waals surface area (Å²) in [4.78, 5) is 23.9. The molecule has 1 aliphatic rings. The lowest BCUT2D eigenvalue weighted by Crippen LogP contribution is -2.59. The predicted molar refractivity (Wildman–Crippen MR) is 86.8 cm³/mol. The summed E-state index contributed by atoms with van der Waals surface area (Å²) in [5, 5.41) is 20.0. The molecule has 142 valence electrons. The van der Waals surface area contributed by atoms with E-state index in [0.29, 0.717) is 0 Å². The van der Waals surface area contributed by atoms with Crippen molar-refractivity contribution in [1.29, 1.82) is 0 Å². The zero-order valence-electron chi connectivity index (χ0n) is 15.0. The first kappa shape index (κ1) is 21.3. The highest BCUT2D eigenvalue weighted by Gasteiger charge is 2.58. The van der Waals surface area contributed by atoms with E-state index in [9.17, 15) is 14.7 Å². The average molecular weight is 358 g/mol. The van der Waals surface area contributed by atoms with Crippen molar-refractivity contribution in [2.24, 2.45) is 11.3 Å². The Labute approximate surface area is 147 Å². The van der Waals surface area contributed by atoms with E-state index >= 15 is 0 Å². The lowest BCUT2D eigenvalue weighted by atomic mass is 9.88. The molecule has 0 atom stereocenters.